The summed E-state index contributed by atoms with van der Waals surface area (Å²) in [6.07, 6.45) is 0.728. The minimum absolute atomic E-state index is 0. The molecule has 1 aliphatic heterocycles. The van der Waals surface area contributed by atoms with Gasteiger partial charge in [-0.25, -0.2) is 13.4 Å². The molecule has 0 unspecified atom stereocenters. The van der Waals surface area contributed by atoms with E-state index in [9.17, 15) is 8.42 Å². The smallest absolute Gasteiger partial charge is 0.213 e. The predicted molar refractivity (Wildman–Crippen MR) is 111 cm³/mol. The zero-order valence-corrected chi connectivity index (χ0v) is 18.3. The SMILES string of the molecule is CN=C(NCCc1cccc(OC)n1)N1CCS(=O)(=O)C(C)(C)C1.I. The quantitative estimate of drug-likeness (QED) is 0.396. The van der Waals surface area contributed by atoms with E-state index in [1.807, 2.05) is 23.1 Å². The van der Waals surface area contributed by atoms with E-state index >= 15 is 0 Å². The van der Waals surface area contributed by atoms with Gasteiger partial charge in [-0.2, -0.15) is 0 Å². The van der Waals surface area contributed by atoms with Crippen molar-refractivity contribution >= 4 is 39.8 Å². The highest BCUT2D eigenvalue weighted by Gasteiger charge is 2.40. The van der Waals surface area contributed by atoms with Crippen molar-refractivity contribution in [3.63, 3.8) is 0 Å². The van der Waals surface area contributed by atoms with Crippen LogP contribution in [0, 0.1) is 0 Å². The van der Waals surface area contributed by atoms with Crippen LogP contribution in [0.25, 0.3) is 0 Å². The second-order valence-electron chi connectivity index (χ2n) is 6.40. The number of rotatable bonds is 4. The van der Waals surface area contributed by atoms with Gasteiger partial charge in [0.1, 0.15) is 0 Å². The van der Waals surface area contributed by atoms with E-state index in [2.05, 4.69) is 15.3 Å². The van der Waals surface area contributed by atoms with Gasteiger partial charge in [0.2, 0.25) is 5.88 Å². The van der Waals surface area contributed by atoms with Gasteiger partial charge >= 0.3 is 0 Å². The lowest BCUT2D eigenvalue weighted by Gasteiger charge is -2.39. The van der Waals surface area contributed by atoms with Gasteiger partial charge in [0.15, 0.2) is 15.8 Å². The molecule has 0 aromatic carbocycles. The Morgan fingerprint density at radius 3 is 2.76 bits per heavy atom. The molecule has 2 heterocycles. The first-order chi connectivity index (χ1) is 11.3. The molecule has 0 radical (unpaired) electrons. The first-order valence-electron chi connectivity index (χ1n) is 7.97. The Kier molecular flexibility index (Phi) is 7.91. The molecular formula is C16H27IN4O3S. The molecule has 9 heteroatoms. The summed E-state index contributed by atoms with van der Waals surface area (Å²) in [5.41, 5.74) is 0.929. The maximum Gasteiger partial charge on any atom is 0.213 e. The molecule has 0 aliphatic carbocycles. The van der Waals surface area contributed by atoms with Gasteiger partial charge in [0, 0.05) is 44.9 Å². The first kappa shape index (κ1) is 21.9. The molecule has 1 fully saturated rings. The maximum absolute atomic E-state index is 12.1. The molecule has 142 valence electrons. The molecule has 1 aliphatic rings. The monoisotopic (exact) mass is 482 g/mol. The Labute approximate surface area is 167 Å². The minimum Gasteiger partial charge on any atom is -0.481 e. The summed E-state index contributed by atoms with van der Waals surface area (Å²) in [4.78, 5) is 10.7. The predicted octanol–water partition coefficient (Wildman–Crippen LogP) is 1.34. The lowest BCUT2D eigenvalue weighted by atomic mass is 10.2. The van der Waals surface area contributed by atoms with Gasteiger partial charge < -0.3 is 15.0 Å². The molecule has 1 aromatic heterocycles. The standard InChI is InChI=1S/C16H26N4O3S.HI/c1-16(2)12-20(10-11-24(16,21)22)15(17-3)18-9-8-13-6-5-7-14(19-13)23-4;/h5-7H,8-12H2,1-4H3,(H,17,18);1H. The van der Waals surface area contributed by atoms with Crippen LogP contribution in [0.15, 0.2) is 23.2 Å². The van der Waals surface area contributed by atoms with E-state index in [1.54, 1.807) is 28.0 Å². The Balaban J connectivity index is 0.00000312. The van der Waals surface area contributed by atoms with Crippen LogP contribution >= 0.6 is 24.0 Å². The van der Waals surface area contributed by atoms with Gasteiger partial charge in [-0.05, 0) is 19.9 Å². The highest BCUT2D eigenvalue weighted by atomic mass is 127. The van der Waals surface area contributed by atoms with Gasteiger partial charge in [-0.1, -0.05) is 6.07 Å². The molecule has 25 heavy (non-hydrogen) atoms. The summed E-state index contributed by atoms with van der Waals surface area (Å²) in [6, 6.07) is 5.67. The molecule has 0 amide bonds. The number of sulfone groups is 1. The number of aromatic nitrogens is 1. The van der Waals surface area contributed by atoms with Crippen molar-refractivity contribution in [2.75, 3.05) is 39.5 Å². The molecule has 0 atom stereocenters. The average molecular weight is 482 g/mol. The summed E-state index contributed by atoms with van der Waals surface area (Å²) in [5.74, 6) is 1.47. The van der Waals surface area contributed by atoms with Crippen molar-refractivity contribution in [2.24, 2.45) is 4.99 Å². The van der Waals surface area contributed by atoms with Gasteiger partial charge in [-0.3, -0.25) is 4.99 Å². The van der Waals surface area contributed by atoms with Crippen LogP contribution < -0.4 is 10.1 Å². The number of methoxy groups -OCH3 is 1. The summed E-state index contributed by atoms with van der Waals surface area (Å²) < 4.78 is 28.6. The van der Waals surface area contributed by atoms with Gasteiger partial charge in [-0.15, -0.1) is 24.0 Å². The zero-order valence-electron chi connectivity index (χ0n) is 15.2. The third kappa shape index (κ3) is 5.44. The Bertz CT molecular complexity index is 707. The first-order valence-corrected chi connectivity index (χ1v) is 9.62. The van der Waals surface area contributed by atoms with Crippen molar-refractivity contribution < 1.29 is 13.2 Å². The highest BCUT2D eigenvalue weighted by molar-refractivity contribution is 14.0. The molecule has 7 nitrogen and oxygen atoms in total. The Morgan fingerprint density at radius 2 is 2.16 bits per heavy atom. The number of hydrogen-bond donors (Lipinski definition) is 1. The number of aliphatic imine (C=N–C) groups is 1. The van der Waals surface area contributed by atoms with Crippen molar-refractivity contribution in [1.82, 2.24) is 15.2 Å². The largest absolute Gasteiger partial charge is 0.481 e. The zero-order chi connectivity index (χ0) is 17.8. The molecule has 1 N–H and O–H groups in total. The summed E-state index contributed by atoms with van der Waals surface area (Å²) in [5, 5.41) is 3.29. The third-order valence-corrected chi connectivity index (χ3v) is 6.74. The molecule has 2 rings (SSSR count). The minimum atomic E-state index is -3.06. The van der Waals surface area contributed by atoms with Crippen LogP contribution in [0.5, 0.6) is 5.88 Å². The Morgan fingerprint density at radius 1 is 1.44 bits per heavy atom. The molecule has 1 aromatic rings. The Hall–Kier alpha value is -1.10. The number of nitrogens with one attached hydrogen (secondary N) is 1. The number of hydrogen-bond acceptors (Lipinski definition) is 5. The van der Waals surface area contributed by atoms with Crippen molar-refractivity contribution in [3.05, 3.63) is 23.9 Å². The van der Waals surface area contributed by atoms with Crippen molar-refractivity contribution in [1.29, 1.82) is 0 Å². The van der Waals surface area contributed by atoms with Crippen LogP contribution in [0.2, 0.25) is 0 Å². The fourth-order valence-electron chi connectivity index (χ4n) is 2.67. The number of nitrogens with zero attached hydrogens (tertiary/aromatic N) is 3. The van der Waals surface area contributed by atoms with E-state index in [-0.39, 0.29) is 29.7 Å². The molecule has 0 saturated carbocycles. The average Bonchev–Trinajstić information content (AvgIpc) is 2.54. The van der Waals surface area contributed by atoms with E-state index in [0.717, 1.165) is 18.1 Å². The summed E-state index contributed by atoms with van der Waals surface area (Å²) in [6.45, 7) is 5.09. The number of ether oxygens (including phenoxy) is 1. The van der Waals surface area contributed by atoms with E-state index in [4.69, 9.17) is 4.74 Å². The van der Waals surface area contributed by atoms with E-state index in [1.165, 1.54) is 0 Å². The van der Waals surface area contributed by atoms with Crippen LogP contribution in [0.1, 0.15) is 19.5 Å². The van der Waals surface area contributed by atoms with Crippen LogP contribution in [-0.2, 0) is 16.3 Å². The second-order valence-corrected chi connectivity index (χ2v) is 9.14. The fraction of sp³-hybridized carbons (Fsp3) is 0.625. The highest BCUT2D eigenvalue weighted by Crippen LogP contribution is 2.23. The maximum atomic E-state index is 12.1. The summed E-state index contributed by atoms with van der Waals surface area (Å²) >= 11 is 0. The number of halogens is 1. The lowest BCUT2D eigenvalue weighted by Crippen LogP contribution is -2.57. The van der Waals surface area contributed by atoms with Crippen LogP contribution in [-0.4, -0.2) is 68.6 Å². The molecule has 1 saturated heterocycles. The van der Waals surface area contributed by atoms with E-state index < -0.39 is 14.6 Å². The van der Waals surface area contributed by atoms with E-state index in [0.29, 0.717) is 25.5 Å². The fourth-order valence-corrected chi connectivity index (χ4v) is 4.04. The molecular weight excluding hydrogens is 455 g/mol. The van der Waals surface area contributed by atoms with Crippen molar-refractivity contribution in [2.45, 2.75) is 25.0 Å². The second kappa shape index (κ2) is 9.02. The number of guanidine groups is 1. The normalized spacial score (nSPS) is 19.0. The van der Waals surface area contributed by atoms with Crippen LogP contribution in [0.4, 0.5) is 0 Å². The van der Waals surface area contributed by atoms with Crippen LogP contribution in [0.3, 0.4) is 0 Å². The molecule has 0 bridgehead atoms. The van der Waals surface area contributed by atoms with Gasteiger partial charge in [0.05, 0.1) is 17.6 Å². The number of pyridine rings is 1. The van der Waals surface area contributed by atoms with Crippen molar-refractivity contribution in [3.8, 4) is 5.88 Å². The topological polar surface area (TPSA) is 83.9 Å². The molecule has 0 spiro atoms. The van der Waals surface area contributed by atoms with Gasteiger partial charge in [0.25, 0.3) is 0 Å². The lowest BCUT2D eigenvalue weighted by molar-refractivity contribution is 0.353. The summed E-state index contributed by atoms with van der Waals surface area (Å²) in [7, 11) is 0.251. The third-order valence-electron chi connectivity index (χ3n) is 4.21.